The van der Waals surface area contributed by atoms with Gasteiger partial charge in [0.05, 0.1) is 35.7 Å². The number of ether oxygens (including phenoxy) is 1. The number of benzene rings is 2. The van der Waals surface area contributed by atoms with Crippen molar-refractivity contribution in [2.45, 2.75) is 6.92 Å². The van der Waals surface area contributed by atoms with Crippen LogP contribution in [0.5, 0.6) is 0 Å². The van der Waals surface area contributed by atoms with Crippen LogP contribution in [0.3, 0.4) is 0 Å². The molecule has 2 heterocycles. The van der Waals surface area contributed by atoms with Gasteiger partial charge < -0.3 is 15.0 Å². The Bertz CT molecular complexity index is 996. The van der Waals surface area contributed by atoms with Crippen LogP contribution in [0.25, 0.3) is 5.69 Å². The summed E-state index contributed by atoms with van der Waals surface area (Å²) in [6.07, 6.45) is 3.21. The van der Waals surface area contributed by atoms with Crippen molar-refractivity contribution in [1.29, 1.82) is 0 Å². The first-order chi connectivity index (χ1) is 13.6. The lowest BCUT2D eigenvalue weighted by atomic mass is 10.1. The number of nitrogens with one attached hydrogen (secondary N) is 1. The standard InChI is InChI=1S/C21H21ClN4O2/c1-15-12-17(25-8-10-28-11-9-25)6-7-19(15)24-21(27)16-13-23-26(14-16)20-5-3-2-4-18(20)22/h2-7,12-14H,8-11H2,1H3,(H,24,27). The molecule has 3 aromatic rings. The molecule has 1 amide bonds. The van der Waals surface area contributed by atoms with Gasteiger partial charge in [0, 0.05) is 30.7 Å². The van der Waals surface area contributed by atoms with E-state index in [1.165, 1.54) is 6.20 Å². The zero-order valence-electron chi connectivity index (χ0n) is 15.6. The molecule has 0 bridgehead atoms. The second-order valence-electron chi connectivity index (χ2n) is 6.68. The Hall–Kier alpha value is -2.83. The lowest BCUT2D eigenvalue weighted by Crippen LogP contribution is -2.36. The van der Waals surface area contributed by atoms with Crippen LogP contribution in [0.15, 0.2) is 54.9 Å². The number of hydrogen-bond acceptors (Lipinski definition) is 4. The fourth-order valence-corrected chi connectivity index (χ4v) is 3.43. The number of halogens is 1. The molecular formula is C21H21ClN4O2. The second-order valence-corrected chi connectivity index (χ2v) is 7.08. The summed E-state index contributed by atoms with van der Waals surface area (Å²) in [7, 11) is 0. The van der Waals surface area contributed by atoms with E-state index in [-0.39, 0.29) is 5.91 Å². The maximum atomic E-state index is 12.7. The normalized spacial score (nSPS) is 14.1. The molecule has 1 aliphatic heterocycles. The fraction of sp³-hybridized carbons (Fsp3) is 0.238. The SMILES string of the molecule is Cc1cc(N2CCOCC2)ccc1NC(=O)c1cnn(-c2ccccc2Cl)c1. The van der Waals surface area contributed by atoms with Gasteiger partial charge in [-0.15, -0.1) is 0 Å². The van der Waals surface area contributed by atoms with E-state index in [9.17, 15) is 4.79 Å². The van der Waals surface area contributed by atoms with Crippen molar-refractivity contribution in [3.8, 4) is 5.69 Å². The Morgan fingerprint density at radius 3 is 2.71 bits per heavy atom. The van der Waals surface area contributed by atoms with E-state index < -0.39 is 0 Å². The van der Waals surface area contributed by atoms with Crippen LogP contribution in [0.2, 0.25) is 5.02 Å². The third-order valence-electron chi connectivity index (χ3n) is 4.78. The zero-order valence-corrected chi connectivity index (χ0v) is 16.3. The number of carbonyl (C=O) groups is 1. The van der Waals surface area contributed by atoms with E-state index in [4.69, 9.17) is 16.3 Å². The van der Waals surface area contributed by atoms with Gasteiger partial charge >= 0.3 is 0 Å². The molecule has 1 aliphatic rings. The molecule has 0 unspecified atom stereocenters. The Balaban J connectivity index is 1.49. The van der Waals surface area contributed by atoms with Gasteiger partial charge in [-0.05, 0) is 42.8 Å². The van der Waals surface area contributed by atoms with Crippen molar-refractivity contribution in [2.75, 3.05) is 36.5 Å². The summed E-state index contributed by atoms with van der Waals surface area (Å²) in [5.41, 5.74) is 4.14. The molecule has 4 rings (SSSR count). The summed E-state index contributed by atoms with van der Waals surface area (Å²) >= 11 is 6.20. The van der Waals surface area contributed by atoms with Gasteiger partial charge in [0.15, 0.2) is 0 Å². The number of carbonyl (C=O) groups excluding carboxylic acids is 1. The molecule has 6 nitrogen and oxygen atoms in total. The average molecular weight is 397 g/mol. The number of amides is 1. The molecule has 1 fully saturated rings. The largest absolute Gasteiger partial charge is 0.378 e. The first kappa shape index (κ1) is 18.5. The van der Waals surface area contributed by atoms with Gasteiger partial charge in [-0.3, -0.25) is 4.79 Å². The minimum atomic E-state index is -0.208. The van der Waals surface area contributed by atoms with E-state index >= 15 is 0 Å². The van der Waals surface area contributed by atoms with Gasteiger partial charge in [-0.2, -0.15) is 5.10 Å². The molecule has 1 saturated heterocycles. The summed E-state index contributed by atoms with van der Waals surface area (Å²) in [5.74, 6) is -0.208. The monoisotopic (exact) mass is 396 g/mol. The Labute approximate surface area is 168 Å². The third kappa shape index (κ3) is 3.88. The van der Waals surface area contributed by atoms with Crippen LogP contribution in [-0.4, -0.2) is 42.0 Å². The summed E-state index contributed by atoms with van der Waals surface area (Å²) in [4.78, 5) is 14.9. The van der Waals surface area contributed by atoms with Crippen molar-refractivity contribution in [2.24, 2.45) is 0 Å². The molecule has 0 radical (unpaired) electrons. The molecule has 0 atom stereocenters. The summed E-state index contributed by atoms with van der Waals surface area (Å²) in [6.45, 7) is 5.24. The summed E-state index contributed by atoms with van der Waals surface area (Å²) < 4.78 is 7.01. The molecular weight excluding hydrogens is 376 g/mol. The number of aromatic nitrogens is 2. The molecule has 7 heteroatoms. The highest BCUT2D eigenvalue weighted by Gasteiger charge is 2.15. The number of para-hydroxylation sites is 1. The van der Waals surface area contributed by atoms with Crippen molar-refractivity contribution in [1.82, 2.24) is 9.78 Å². The highest BCUT2D eigenvalue weighted by atomic mass is 35.5. The summed E-state index contributed by atoms with van der Waals surface area (Å²) in [6, 6.07) is 13.4. The maximum Gasteiger partial charge on any atom is 0.258 e. The van der Waals surface area contributed by atoms with E-state index in [1.54, 1.807) is 16.9 Å². The predicted octanol–water partition coefficient (Wildman–Crippen LogP) is 3.92. The van der Waals surface area contributed by atoms with E-state index in [0.717, 1.165) is 48.9 Å². The van der Waals surface area contributed by atoms with Gasteiger partial charge in [-0.1, -0.05) is 23.7 Å². The van der Waals surface area contributed by atoms with Crippen LogP contribution in [-0.2, 0) is 4.74 Å². The number of morpholine rings is 1. The van der Waals surface area contributed by atoms with Gasteiger partial charge in [0.1, 0.15) is 0 Å². The van der Waals surface area contributed by atoms with Gasteiger partial charge in [-0.25, -0.2) is 4.68 Å². The minimum Gasteiger partial charge on any atom is -0.378 e. The number of nitrogens with zero attached hydrogens (tertiary/aromatic N) is 3. The smallest absolute Gasteiger partial charge is 0.258 e. The molecule has 1 aromatic heterocycles. The van der Waals surface area contributed by atoms with Crippen molar-refractivity contribution >= 4 is 28.9 Å². The topological polar surface area (TPSA) is 59.4 Å². The highest BCUT2D eigenvalue weighted by molar-refractivity contribution is 6.32. The molecule has 28 heavy (non-hydrogen) atoms. The molecule has 1 N–H and O–H groups in total. The first-order valence-electron chi connectivity index (χ1n) is 9.16. The van der Waals surface area contributed by atoms with Crippen LogP contribution in [0.4, 0.5) is 11.4 Å². The fourth-order valence-electron chi connectivity index (χ4n) is 3.21. The quantitative estimate of drug-likeness (QED) is 0.726. The Morgan fingerprint density at radius 2 is 1.96 bits per heavy atom. The zero-order chi connectivity index (χ0) is 19.5. The lowest BCUT2D eigenvalue weighted by Gasteiger charge is -2.29. The van der Waals surface area contributed by atoms with Gasteiger partial charge in [0.2, 0.25) is 0 Å². The molecule has 0 saturated carbocycles. The lowest BCUT2D eigenvalue weighted by molar-refractivity contribution is 0.102. The number of aryl methyl sites for hydroxylation is 1. The third-order valence-corrected chi connectivity index (χ3v) is 5.10. The van der Waals surface area contributed by atoms with Crippen LogP contribution in [0.1, 0.15) is 15.9 Å². The summed E-state index contributed by atoms with van der Waals surface area (Å²) in [5, 5.41) is 7.80. The molecule has 2 aromatic carbocycles. The maximum absolute atomic E-state index is 12.7. The molecule has 144 valence electrons. The second kappa shape index (κ2) is 8.04. The van der Waals surface area contributed by atoms with E-state index in [1.807, 2.05) is 37.3 Å². The van der Waals surface area contributed by atoms with E-state index in [2.05, 4.69) is 21.4 Å². The minimum absolute atomic E-state index is 0.208. The van der Waals surface area contributed by atoms with E-state index in [0.29, 0.717) is 10.6 Å². The average Bonchev–Trinajstić information content (AvgIpc) is 3.20. The number of hydrogen-bond donors (Lipinski definition) is 1. The van der Waals surface area contributed by atoms with Crippen LogP contribution in [0, 0.1) is 6.92 Å². The van der Waals surface area contributed by atoms with Gasteiger partial charge in [0.25, 0.3) is 5.91 Å². The predicted molar refractivity (Wildman–Crippen MR) is 111 cm³/mol. The van der Waals surface area contributed by atoms with Crippen molar-refractivity contribution in [3.63, 3.8) is 0 Å². The number of anilines is 2. The van der Waals surface area contributed by atoms with Crippen LogP contribution >= 0.6 is 11.6 Å². The van der Waals surface area contributed by atoms with Crippen LogP contribution < -0.4 is 10.2 Å². The number of rotatable bonds is 4. The molecule has 0 aliphatic carbocycles. The highest BCUT2D eigenvalue weighted by Crippen LogP contribution is 2.24. The Morgan fingerprint density at radius 1 is 1.18 bits per heavy atom. The van der Waals surface area contributed by atoms with Crippen molar-refractivity contribution < 1.29 is 9.53 Å². The molecule has 0 spiro atoms. The first-order valence-corrected chi connectivity index (χ1v) is 9.54. The Kier molecular flexibility index (Phi) is 5.32. The van der Waals surface area contributed by atoms with Crippen molar-refractivity contribution in [3.05, 3.63) is 71.0 Å².